The number of rotatable bonds is 6. The SMILES string of the molecule is CCC1C(C)=NN=Cc2c1cc(OC)c(OC)c2-c1ccc(OC)c(OC)c1. The molecule has 1 heterocycles. The van der Waals surface area contributed by atoms with E-state index >= 15 is 0 Å². The lowest BCUT2D eigenvalue weighted by atomic mass is 9.84. The van der Waals surface area contributed by atoms with Crippen molar-refractivity contribution in [1.82, 2.24) is 0 Å². The maximum absolute atomic E-state index is 5.76. The second-order valence-electron chi connectivity index (χ2n) is 6.51. The van der Waals surface area contributed by atoms with Crippen LogP contribution in [0.15, 0.2) is 34.5 Å². The van der Waals surface area contributed by atoms with Crippen molar-refractivity contribution in [2.75, 3.05) is 28.4 Å². The van der Waals surface area contributed by atoms with E-state index in [0.29, 0.717) is 23.0 Å². The molecule has 1 aliphatic rings. The van der Waals surface area contributed by atoms with Gasteiger partial charge in [-0.25, -0.2) is 0 Å². The number of hydrogen-bond donors (Lipinski definition) is 0. The Labute approximate surface area is 165 Å². The van der Waals surface area contributed by atoms with E-state index < -0.39 is 0 Å². The van der Waals surface area contributed by atoms with Gasteiger partial charge in [-0.15, -0.1) is 0 Å². The molecule has 6 heteroatoms. The van der Waals surface area contributed by atoms with Crippen LogP contribution in [-0.4, -0.2) is 40.4 Å². The summed E-state index contributed by atoms with van der Waals surface area (Å²) in [7, 11) is 6.53. The Morgan fingerprint density at radius 1 is 0.893 bits per heavy atom. The molecule has 2 aromatic rings. The van der Waals surface area contributed by atoms with Gasteiger partial charge >= 0.3 is 0 Å². The Morgan fingerprint density at radius 2 is 1.61 bits per heavy atom. The zero-order chi connectivity index (χ0) is 20.3. The highest BCUT2D eigenvalue weighted by atomic mass is 16.5. The van der Waals surface area contributed by atoms with E-state index in [0.717, 1.165) is 34.4 Å². The molecule has 1 atom stereocenters. The van der Waals surface area contributed by atoms with E-state index in [9.17, 15) is 0 Å². The molecule has 28 heavy (non-hydrogen) atoms. The predicted octanol–water partition coefficient (Wildman–Crippen LogP) is 4.69. The van der Waals surface area contributed by atoms with Gasteiger partial charge in [0.25, 0.3) is 0 Å². The van der Waals surface area contributed by atoms with Crippen molar-refractivity contribution in [3.05, 3.63) is 35.4 Å². The van der Waals surface area contributed by atoms with Crippen LogP contribution < -0.4 is 18.9 Å². The third-order valence-corrected chi connectivity index (χ3v) is 5.10. The van der Waals surface area contributed by atoms with Crippen molar-refractivity contribution < 1.29 is 18.9 Å². The van der Waals surface area contributed by atoms with Gasteiger partial charge in [-0.2, -0.15) is 10.2 Å². The molecule has 6 nitrogen and oxygen atoms in total. The first-order valence-corrected chi connectivity index (χ1v) is 9.18. The summed E-state index contributed by atoms with van der Waals surface area (Å²) in [6.45, 7) is 4.15. The highest BCUT2D eigenvalue weighted by Crippen LogP contribution is 2.46. The van der Waals surface area contributed by atoms with E-state index in [1.165, 1.54) is 0 Å². The summed E-state index contributed by atoms with van der Waals surface area (Å²) in [5.41, 5.74) is 4.88. The standard InChI is InChI=1S/C22H26N2O4/c1-7-15-13(2)24-23-12-17-16(15)11-20(27-5)22(28-6)21(17)14-8-9-18(25-3)19(10-14)26-4/h8-12,15H,7H2,1-6H3. The van der Waals surface area contributed by atoms with E-state index in [1.54, 1.807) is 34.7 Å². The molecule has 1 aliphatic heterocycles. The summed E-state index contributed by atoms with van der Waals surface area (Å²) in [4.78, 5) is 0. The van der Waals surface area contributed by atoms with Crippen LogP contribution in [0.25, 0.3) is 11.1 Å². The maximum Gasteiger partial charge on any atom is 0.169 e. The lowest BCUT2D eigenvalue weighted by molar-refractivity contribution is 0.353. The van der Waals surface area contributed by atoms with Crippen molar-refractivity contribution >= 4 is 11.9 Å². The van der Waals surface area contributed by atoms with Crippen molar-refractivity contribution in [2.45, 2.75) is 26.2 Å². The molecule has 0 saturated heterocycles. The average molecular weight is 382 g/mol. The lowest BCUT2D eigenvalue weighted by Gasteiger charge is -2.22. The third kappa shape index (κ3) is 3.30. The van der Waals surface area contributed by atoms with E-state index in [1.807, 2.05) is 31.2 Å². The normalized spacial score (nSPS) is 15.4. The Hall–Kier alpha value is -3.02. The molecule has 0 aromatic heterocycles. The topological polar surface area (TPSA) is 61.6 Å². The number of benzene rings is 2. The van der Waals surface area contributed by atoms with Crippen LogP contribution in [0, 0.1) is 0 Å². The third-order valence-electron chi connectivity index (χ3n) is 5.10. The minimum Gasteiger partial charge on any atom is -0.493 e. The van der Waals surface area contributed by atoms with Gasteiger partial charge in [0.05, 0.1) is 34.7 Å². The Morgan fingerprint density at radius 3 is 2.21 bits per heavy atom. The van der Waals surface area contributed by atoms with Crippen LogP contribution in [0.4, 0.5) is 0 Å². The summed E-state index contributed by atoms with van der Waals surface area (Å²) in [6.07, 6.45) is 2.70. The van der Waals surface area contributed by atoms with Crippen LogP contribution in [0.5, 0.6) is 23.0 Å². The quantitative estimate of drug-likeness (QED) is 0.727. The molecule has 0 spiro atoms. The fraction of sp³-hybridized carbons (Fsp3) is 0.364. The highest BCUT2D eigenvalue weighted by Gasteiger charge is 2.27. The molecule has 2 aromatic carbocycles. The van der Waals surface area contributed by atoms with Gasteiger partial charge in [-0.05, 0) is 42.7 Å². The van der Waals surface area contributed by atoms with Gasteiger partial charge in [0.15, 0.2) is 23.0 Å². The summed E-state index contributed by atoms with van der Waals surface area (Å²) >= 11 is 0. The minimum absolute atomic E-state index is 0.149. The first-order valence-electron chi connectivity index (χ1n) is 9.18. The van der Waals surface area contributed by atoms with Crippen molar-refractivity contribution in [3.8, 4) is 34.1 Å². The zero-order valence-electron chi connectivity index (χ0n) is 17.2. The highest BCUT2D eigenvalue weighted by molar-refractivity contribution is 6.01. The molecule has 0 fully saturated rings. The van der Waals surface area contributed by atoms with Gasteiger partial charge in [-0.1, -0.05) is 13.0 Å². The van der Waals surface area contributed by atoms with Crippen LogP contribution in [0.2, 0.25) is 0 Å². The second kappa shape index (κ2) is 8.33. The van der Waals surface area contributed by atoms with E-state index in [2.05, 4.69) is 17.1 Å². The first-order chi connectivity index (χ1) is 13.6. The summed E-state index contributed by atoms with van der Waals surface area (Å²) in [5.74, 6) is 2.78. The monoisotopic (exact) mass is 382 g/mol. The molecule has 0 bridgehead atoms. The van der Waals surface area contributed by atoms with Crippen LogP contribution in [-0.2, 0) is 0 Å². The molecule has 3 rings (SSSR count). The summed E-state index contributed by atoms with van der Waals surface area (Å²) in [5, 5.41) is 8.65. The second-order valence-corrected chi connectivity index (χ2v) is 6.51. The minimum atomic E-state index is 0.149. The molecule has 0 aliphatic carbocycles. The molecule has 0 saturated carbocycles. The van der Waals surface area contributed by atoms with Crippen LogP contribution in [0.3, 0.4) is 0 Å². The van der Waals surface area contributed by atoms with Gasteiger partial charge in [-0.3, -0.25) is 0 Å². The number of ether oxygens (including phenoxy) is 4. The lowest BCUT2D eigenvalue weighted by Crippen LogP contribution is -2.11. The Kier molecular flexibility index (Phi) is 5.87. The maximum atomic E-state index is 5.76. The van der Waals surface area contributed by atoms with Gasteiger partial charge in [0.1, 0.15) is 0 Å². The smallest absolute Gasteiger partial charge is 0.169 e. The molecular formula is C22H26N2O4. The average Bonchev–Trinajstić information content (AvgIpc) is 2.89. The number of methoxy groups -OCH3 is 4. The summed E-state index contributed by atoms with van der Waals surface area (Å²) in [6, 6.07) is 7.82. The van der Waals surface area contributed by atoms with Gasteiger partial charge in [0.2, 0.25) is 0 Å². The molecule has 148 valence electrons. The fourth-order valence-electron chi connectivity index (χ4n) is 3.72. The van der Waals surface area contributed by atoms with Crippen LogP contribution in [0.1, 0.15) is 37.3 Å². The molecular weight excluding hydrogens is 356 g/mol. The van der Waals surface area contributed by atoms with Gasteiger partial charge in [0, 0.05) is 22.8 Å². The van der Waals surface area contributed by atoms with E-state index in [-0.39, 0.29) is 5.92 Å². The largest absolute Gasteiger partial charge is 0.493 e. The van der Waals surface area contributed by atoms with Gasteiger partial charge < -0.3 is 18.9 Å². The molecule has 0 radical (unpaired) electrons. The Bertz CT molecular complexity index is 935. The predicted molar refractivity (Wildman–Crippen MR) is 112 cm³/mol. The van der Waals surface area contributed by atoms with Crippen LogP contribution >= 0.6 is 0 Å². The fourth-order valence-corrected chi connectivity index (χ4v) is 3.72. The summed E-state index contributed by atoms with van der Waals surface area (Å²) < 4.78 is 22.3. The Balaban J connectivity index is 2.36. The molecule has 0 N–H and O–H groups in total. The van der Waals surface area contributed by atoms with Crippen molar-refractivity contribution in [2.24, 2.45) is 10.2 Å². The number of fused-ring (bicyclic) bond motifs is 1. The van der Waals surface area contributed by atoms with Crippen molar-refractivity contribution in [3.63, 3.8) is 0 Å². The first kappa shape index (κ1) is 19.7. The van der Waals surface area contributed by atoms with Crippen molar-refractivity contribution in [1.29, 1.82) is 0 Å². The number of hydrogen-bond acceptors (Lipinski definition) is 6. The zero-order valence-corrected chi connectivity index (χ0v) is 17.2. The van der Waals surface area contributed by atoms with E-state index in [4.69, 9.17) is 18.9 Å². The number of nitrogens with zero attached hydrogens (tertiary/aromatic N) is 2. The molecule has 0 amide bonds. The molecule has 1 unspecified atom stereocenters.